The van der Waals surface area contributed by atoms with Crippen molar-refractivity contribution in [1.29, 1.82) is 5.41 Å². The van der Waals surface area contributed by atoms with Gasteiger partial charge in [-0.3, -0.25) is 5.41 Å². The van der Waals surface area contributed by atoms with Gasteiger partial charge in [-0.2, -0.15) is 0 Å². The number of nitrogens with one attached hydrogen (secondary N) is 1. The molecule has 0 atom stereocenters. The number of fused-ring (bicyclic) bond motifs is 1. The van der Waals surface area contributed by atoms with Crippen molar-refractivity contribution in [2.45, 2.75) is 6.92 Å². The summed E-state index contributed by atoms with van der Waals surface area (Å²) in [6, 6.07) is 17.6. The first-order chi connectivity index (χ1) is 12.5. The highest BCUT2D eigenvalue weighted by Gasteiger charge is 2.19. The number of rotatable bonds is 3. The van der Waals surface area contributed by atoms with Crippen LogP contribution in [0, 0.1) is 18.2 Å². The van der Waals surface area contributed by atoms with Crippen LogP contribution in [0.1, 0.15) is 11.3 Å². The van der Waals surface area contributed by atoms with Crippen LogP contribution in [-0.2, 0) is 0 Å². The SMILES string of the molecule is Cc1cc(-c2ccc(F)cc2)c(C(=N)N)c2nc(-c3ccccc3)nn12. The minimum Gasteiger partial charge on any atom is -0.384 e. The molecule has 4 aromatic rings. The number of amidine groups is 1. The van der Waals surface area contributed by atoms with Crippen molar-refractivity contribution in [2.75, 3.05) is 0 Å². The number of nitrogens with two attached hydrogens (primary N) is 1. The smallest absolute Gasteiger partial charge is 0.182 e. The Bertz CT molecular complexity index is 1110. The van der Waals surface area contributed by atoms with Gasteiger partial charge in [0.2, 0.25) is 0 Å². The second-order valence-electron chi connectivity index (χ2n) is 6.03. The molecule has 0 aliphatic heterocycles. The summed E-state index contributed by atoms with van der Waals surface area (Å²) in [7, 11) is 0. The molecule has 26 heavy (non-hydrogen) atoms. The second kappa shape index (κ2) is 6.07. The van der Waals surface area contributed by atoms with Crippen molar-refractivity contribution >= 4 is 11.5 Å². The molecular formula is C20H16FN5. The zero-order valence-corrected chi connectivity index (χ0v) is 14.1. The number of hydrogen-bond donors (Lipinski definition) is 2. The number of pyridine rings is 1. The molecule has 6 heteroatoms. The highest BCUT2D eigenvalue weighted by molar-refractivity contribution is 6.07. The van der Waals surface area contributed by atoms with Gasteiger partial charge >= 0.3 is 0 Å². The molecule has 0 aliphatic carbocycles. The molecule has 0 aliphatic rings. The molecule has 0 spiro atoms. The molecule has 2 aromatic carbocycles. The zero-order valence-electron chi connectivity index (χ0n) is 14.1. The number of aromatic nitrogens is 3. The first-order valence-corrected chi connectivity index (χ1v) is 8.11. The van der Waals surface area contributed by atoms with Gasteiger partial charge in [0.05, 0.1) is 5.56 Å². The van der Waals surface area contributed by atoms with Crippen LogP contribution in [0.15, 0.2) is 60.7 Å². The lowest BCUT2D eigenvalue weighted by Crippen LogP contribution is -2.15. The maximum absolute atomic E-state index is 13.3. The predicted octanol–water partition coefficient (Wildman–Crippen LogP) is 3.79. The van der Waals surface area contributed by atoms with Gasteiger partial charge in [0.1, 0.15) is 11.7 Å². The molecule has 2 heterocycles. The third-order valence-electron chi connectivity index (χ3n) is 4.24. The highest BCUT2D eigenvalue weighted by atomic mass is 19.1. The van der Waals surface area contributed by atoms with Gasteiger partial charge < -0.3 is 5.73 Å². The van der Waals surface area contributed by atoms with Crippen molar-refractivity contribution in [1.82, 2.24) is 14.6 Å². The van der Waals surface area contributed by atoms with Crippen molar-refractivity contribution in [3.63, 3.8) is 0 Å². The lowest BCUT2D eigenvalue weighted by atomic mass is 9.99. The van der Waals surface area contributed by atoms with E-state index in [2.05, 4.69) is 10.1 Å². The van der Waals surface area contributed by atoms with Gasteiger partial charge in [-0.25, -0.2) is 13.9 Å². The van der Waals surface area contributed by atoms with E-state index in [9.17, 15) is 4.39 Å². The van der Waals surface area contributed by atoms with Crippen molar-refractivity contribution in [3.05, 3.63) is 77.7 Å². The van der Waals surface area contributed by atoms with Gasteiger partial charge in [0.15, 0.2) is 11.5 Å². The highest BCUT2D eigenvalue weighted by Crippen LogP contribution is 2.29. The summed E-state index contributed by atoms with van der Waals surface area (Å²) >= 11 is 0. The summed E-state index contributed by atoms with van der Waals surface area (Å²) in [4.78, 5) is 4.63. The lowest BCUT2D eigenvalue weighted by Gasteiger charge is -2.11. The van der Waals surface area contributed by atoms with E-state index in [0.29, 0.717) is 17.0 Å². The molecule has 3 N–H and O–H groups in total. The molecule has 0 amide bonds. The largest absolute Gasteiger partial charge is 0.384 e. The van der Waals surface area contributed by atoms with Gasteiger partial charge in [0.25, 0.3) is 0 Å². The van der Waals surface area contributed by atoms with Crippen LogP contribution >= 0.6 is 0 Å². The fraction of sp³-hybridized carbons (Fsp3) is 0.0500. The lowest BCUT2D eigenvalue weighted by molar-refractivity contribution is 0.628. The quantitative estimate of drug-likeness (QED) is 0.438. The summed E-state index contributed by atoms with van der Waals surface area (Å²) in [6.07, 6.45) is 0. The summed E-state index contributed by atoms with van der Waals surface area (Å²) in [5.74, 6) is 0.138. The standard InChI is InChI=1S/C20H16FN5/c1-12-11-16(13-7-9-15(21)10-8-13)17(18(22)23)20-24-19(25-26(12)20)14-5-3-2-4-6-14/h2-11H,1H3,(H3,22,23). The Kier molecular flexibility index (Phi) is 3.73. The average Bonchev–Trinajstić information content (AvgIpc) is 3.08. The summed E-state index contributed by atoms with van der Waals surface area (Å²) in [6.45, 7) is 1.91. The molecule has 0 fully saturated rings. The molecular weight excluding hydrogens is 329 g/mol. The number of nitrogens with zero attached hydrogens (tertiary/aromatic N) is 3. The summed E-state index contributed by atoms with van der Waals surface area (Å²) in [5.41, 5.74) is 10.1. The number of halogens is 1. The fourth-order valence-corrected chi connectivity index (χ4v) is 3.01. The zero-order chi connectivity index (χ0) is 18.3. The maximum atomic E-state index is 13.3. The molecule has 0 radical (unpaired) electrons. The van der Waals surface area contributed by atoms with Crippen molar-refractivity contribution in [2.24, 2.45) is 5.73 Å². The third-order valence-corrected chi connectivity index (χ3v) is 4.24. The molecule has 128 valence electrons. The van der Waals surface area contributed by atoms with Crippen molar-refractivity contribution in [3.8, 4) is 22.5 Å². The molecule has 0 saturated carbocycles. The molecule has 2 aromatic heterocycles. The Labute approximate surface area is 149 Å². The normalized spacial score (nSPS) is 11.0. The maximum Gasteiger partial charge on any atom is 0.182 e. The summed E-state index contributed by atoms with van der Waals surface area (Å²) < 4.78 is 15.0. The fourth-order valence-electron chi connectivity index (χ4n) is 3.01. The van der Waals surface area contributed by atoms with Gasteiger partial charge in [-0.15, -0.1) is 5.10 Å². The van der Waals surface area contributed by atoms with Gasteiger partial charge in [0, 0.05) is 11.3 Å². The van der Waals surface area contributed by atoms with Crippen LogP contribution in [0.2, 0.25) is 0 Å². The summed E-state index contributed by atoms with van der Waals surface area (Å²) in [5, 5.41) is 12.6. The van der Waals surface area contributed by atoms with Crippen LogP contribution < -0.4 is 5.73 Å². The Morgan fingerprint density at radius 3 is 2.38 bits per heavy atom. The second-order valence-corrected chi connectivity index (χ2v) is 6.03. The molecule has 4 rings (SSSR count). The minimum atomic E-state index is -0.315. The van der Waals surface area contributed by atoms with Crippen LogP contribution in [0.4, 0.5) is 4.39 Å². The first kappa shape index (κ1) is 16.0. The molecule has 0 bridgehead atoms. The first-order valence-electron chi connectivity index (χ1n) is 8.11. The Balaban J connectivity index is 2.01. The molecule has 5 nitrogen and oxygen atoms in total. The topological polar surface area (TPSA) is 80.1 Å². The Morgan fingerprint density at radius 1 is 1.04 bits per heavy atom. The third kappa shape index (κ3) is 2.61. The Hall–Kier alpha value is -3.54. The van der Waals surface area contributed by atoms with Crippen molar-refractivity contribution < 1.29 is 4.39 Å². The Morgan fingerprint density at radius 2 is 1.73 bits per heavy atom. The van der Waals surface area contributed by atoms with Gasteiger partial charge in [-0.05, 0) is 36.2 Å². The molecule has 0 saturated heterocycles. The van der Waals surface area contributed by atoms with E-state index in [1.165, 1.54) is 12.1 Å². The van der Waals surface area contributed by atoms with Crippen LogP contribution in [0.3, 0.4) is 0 Å². The van der Waals surface area contributed by atoms with Crippen LogP contribution in [0.5, 0.6) is 0 Å². The average molecular weight is 345 g/mol. The van der Waals surface area contributed by atoms with E-state index in [4.69, 9.17) is 11.1 Å². The monoisotopic (exact) mass is 345 g/mol. The number of nitrogen functional groups attached to an aromatic ring is 1. The minimum absolute atomic E-state index is 0.110. The van der Waals surface area contributed by atoms with Gasteiger partial charge in [-0.1, -0.05) is 42.5 Å². The van der Waals surface area contributed by atoms with E-state index in [1.54, 1.807) is 16.6 Å². The van der Waals surface area contributed by atoms with E-state index in [0.717, 1.165) is 22.4 Å². The molecule has 0 unspecified atom stereocenters. The van der Waals surface area contributed by atoms with E-state index >= 15 is 0 Å². The number of aryl methyl sites for hydroxylation is 1. The van der Waals surface area contributed by atoms with E-state index < -0.39 is 0 Å². The number of benzene rings is 2. The van der Waals surface area contributed by atoms with E-state index in [-0.39, 0.29) is 11.7 Å². The van der Waals surface area contributed by atoms with E-state index in [1.807, 2.05) is 43.3 Å². The number of hydrogen-bond acceptors (Lipinski definition) is 3. The van der Waals surface area contributed by atoms with Crippen LogP contribution in [0.25, 0.3) is 28.2 Å². The predicted molar refractivity (Wildman–Crippen MR) is 99.6 cm³/mol. The van der Waals surface area contributed by atoms with Crippen LogP contribution in [-0.4, -0.2) is 20.4 Å².